The van der Waals surface area contributed by atoms with Crippen LogP contribution in [0.4, 0.5) is 13.2 Å². The van der Waals surface area contributed by atoms with Crippen molar-refractivity contribution in [3.63, 3.8) is 0 Å². The largest absolute Gasteiger partial charge is 0.435 e. The third-order valence-electron chi connectivity index (χ3n) is 5.44. The Hall–Kier alpha value is -2.90. The zero-order chi connectivity index (χ0) is 26.6. The predicted molar refractivity (Wildman–Crippen MR) is 139 cm³/mol. The van der Waals surface area contributed by atoms with Gasteiger partial charge in [-0.15, -0.1) is 0 Å². The van der Waals surface area contributed by atoms with E-state index < -0.39 is 27.8 Å². The molecule has 0 aliphatic carbocycles. The van der Waals surface area contributed by atoms with Crippen LogP contribution in [0.1, 0.15) is 30.5 Å². The Morgan fingerprint density at radius 1 is 1.05 bits per heavy atom. The van der Waals surface area contributed by atoms with E-state index in [9.17, 15) is 26.4 Å². The number of hydrogen-bond donors (Lipinski definition) is 1. The van der Waals surface area contributed by atoms with Crippen molar-refractivity contribution in [3.8, 4) is 16.9 Å². The Balaban J connectivity index is 1.47. The summed E-state index contributed by atoms with van der Waals surface area (Å²) in [5.74, 6) is -0.619. The Labute approximate surface area is 220 Å². The average molecular weight is 569 g/mol. The summed E-state index contributed by atoms with van der Waals surface area (Å²) >= 11 is 0. The van der Waals surface area contributed by atoms with Crippen LogP contribution in [-0.4, -0.2) is 35.0 Å². The first-order valence-electron chi connectivity index (χ1n) is 11.2. The van der Waals surface area contributed by atoms with E-state index in [-0.39, 0.29) is 22.7 Å². The molecule has 7 nitrogen and oxygen atoms in total. The molecule has 1 N–H and O–H groups in total. The lowest BCUT2D eigenvalue weighted by Gasteiger charge is -2.12. The normalized spacial score (nSPS) is 13.8. The predicted octanol–water partition coefficient (Wildman–Crippen LogP) is 5.92. The topological polar surface area (TPSA) is 84.3 Å². The molecule has 13 heteroatoms. The van der Waals surface area contributed by atoms with Crippen LogP contribution in [0.25, 0.3) is 16.9 Å². The van der Waals surface area contributed by atoms with Crippen molar-refractivity contribution < 1.29 is 26.4 Å². The van der Waals surface area contributed by atoms with Crippen LogP contribution in [0.3, 0.4) is 0 Å². The number of aromatic nitrogens is 2. The summed E-state index contributed by atoms with van der Waals surface area (Å²) in [5, 5.41) is 5.68. The number of nitrogens with zero attached hydrogens (tertiary/aromatic N) is 3. The number of amides is 1. The summed E-state index contributed by atoms with van der Waals surface area (Å²) in [6.45, 7) is 2.62. The number of unbranched alkanes of at least 4 members (excludes halogenated alkanes) is 1. The number of carbonyl (C=O) groups is 1. The van der Waals surface area contributed by atoms with Crippen LogP contribution in [-0.2, 0) is 21.0 Å². The zero-order valence-corrected chi connectivity index (χ0v) is 22.1. The fourth-order valence-corrected chi connectivity index (χ4v) is 6.30. The lowest BCUT2D eigenvalue weighted by atomic mass is 10.1. The number of alkyl halides is 3. The van der Waals surface area contributed by atoms with E-state index in [4.69, 9.17) is 0 Å². The first-order valence-corrected chi connectivity index (χ1v) is 14.9. The first-order chi connectivity index (χ1) is 17.5. The van der Waals surface area contributed by atoms with E-state index in [0.717, 1.165) is 29.3 Å². The minimum Gasteiger partial charge on any atom is -0.313 e. The van der Waals surface area contributed by atoms with Gasteiger partial charge in [0.05, 0.1) is 16.3 Å². The molecule has 1 aliphatic rings. The molecule has 0 bridgehead atoms. The molecule has 0 fully saturated rings. The lowest BCUT2D eigenvalue weighted by molar-refractivity contribution is -0.141. The molecular weight excluding hydrogens is 545 g/mol. The lowest BCUT2D eigenvalue weighted by Crippen LogP contribution is -2.30. The summed E-state index contributed by atoms with van der Waals surface area (Å²) in [7, 11) is -0.942. The summed E-state index contributed by atoms with van der Waals surface area (Å²) in [5.41, 5.74) is 0.853. The second-order valence-corrected chi connectivity index (χ2v) is 12.1. The number of halogens is 3. The van der Waals surface area contributed by atoms with Crippen LogP contribution < -0.4 is 4.72 Å². The molecule has 4 rings (SSSR count). The highest BCUT2D eigenvalue weighted by atomic mass is 33.1. The maximum absolute atomic E-state index is 13.4. The first kappa shape index (κ1) is 27.1. The Morgan fingerprint density at radius 2 is 1.76 bits per heavy atom. The summed E-state index contributed by atoms with van der Waals surface area (Å²) in [4.78, 5) is 12.0. The minimum atomic E-state index is -4.65. The van der Waals surface area contributed by atoms with E-state index in [0.29, 0.717) is 12.0 Å². The van der Waals surface area contributed by atoms with Gasteiger partial charge in [-0.1, -0.05) is 29.8 Å². The van der Waals surface area contributed by atoms with E-state index in [2.05, 4.69) is 9.82 Å². The fraction of sp³-hybridized carbons (Fsp3) is 0.250. The molecule has 2 heterocycles. The number of sulfonamides is 1. The monoisotopic (exact) mass is 568 g/mol. The van der Waals surface area contributed by atoms with Crippen LogP contribution in [0, 0.1) is 6.92 Å². The van der Waals surface area contributed by atoms with Crippen molar-refractivity contribution in [2.75, 3.05) is 6.54 Å². The molecule has 1 amide bonds. The molecule has 0 saturated carbocycles. The summed E-state index contributed by atoms with van der Waals surface area (Å²) < 4.78 is 70.7. The smallest absolute Gasteiger partial charge is 0.313 e. The van der Waals surface area contributed by atoms with Gasteiger partial charge < -0.3 is 4.31 Å². The van der Waals surface area contributed by atoms with E-state index in [1.54, 1.807) is 46.0 Å². The number of rotatable bonds is 9. The molecule has 0 saturated heterocycles. The zero-order valence-electron chi connectivity index (χ0n) is 19.6. The molecular formula is C24H23F3N4O3S3. The van der Waals surface area contributed by atoms with Gasteiger partial charge in [-0.2, -0.15) is 18.3 Å². The third-order valence-corrected chi connectivity index (χ3v) is 8.81. The van der Waals surface area contributed by atoms with Crippen molar-refractivity contribution >= 4 is 37.7 Å². The molecule has 0 radical (unpaired) electrons. The van der Waals surface area contributed by atoms with Crippen LogP contribution in [0.5, 0.6) is 0 Å². The van der Waals surface area contributed by atoms with Gasteiger partial charge in [-0.25, -0.2) is 17.8 Å². The highest BCUT2D eigenvalue weighted by Crippen LogP contribution is 2.34. The second kappa shape index (κ2) is 11.2. The van der Waals surface area contributed by atoms with Gasteiger partial charge in [0.1, 0.15) is 0 Å². The van der Waals surface area contributed by atoms with E-state index >= 15 is 0 Å². The second-order valence-electron chi connectivity index (χ2n) is 8.27. The average Bonchev–Trinajstić information content (AvgIpc) is 3.52. The molecule has 1 aliphatic heterocycles. The molecule has 3 aromatic rings. The van der Waals surface area contributed by atoms with Crippen LogP contribution in [0.2, 0.25) is 0 Å². The number of aryl methyl sites for hydroxylation is 1. The fourth-order valence-electron chi connectivity index (χ4n) is 3.54. The van der Waals surface area contributed by atoms with Crippen molar-refractivity contribution in [1.29, 1.82) is 0 Å². The Kier molecular flexibility index (Phi) is 8.24. The Morgan fingerprint density at radius 3 is 2.38 bits per heavy atom. The highest BCUT2D eigenvalue weighted by Gasteiger charge is 2.35. The number of benzene rings is 2. The van der Waals surface area contributed by atoms with Gasteiger partial charge in [-0.05, 0) is 60.9 Å². The van der Waals surface area contributed by atoms with E-state index in [1.807, 2.05) is 22.8 Å². The van der Waals surface area contributed by atoms with Crippen molar-refractivity contribution in [2.45, 2.75) is 37.3 Å². The van der Waals surface area contributed by atoms with Gasteiger partial charge in [0, 0.05) is 41.1 Å². The molecule has 196 valence electrons. The van der Waals surface area contributed by atoms with Gasteiger partial charge in [0.25, 0.3) is 10.0 Å². The maximum atomic E-state index is 13.4. The van der Waals surface area contributed by atoms with Gasteiger partial charge in [0.2, 0.25) is 5.91 Å². The molecule has 1 aromatic heterocycles. The summed E-state index contributed by atoms with van der Waals surface area (Å²) in [6, 6.07) is 13.0. The molecule has 0 unspecified atom stereocenters. The maximum Gasteiger partial charge on any atom is 0.435 e. The van der Waals surface area contributed by atoms with E-state index in [1.165, 1.54) is 24.3 Å². The molecule has 0 atom stereocenters. The molecule has 0 spiro atoms. The quantitative estimate of drug-likeness (QED) is 0.195. The van der Waals surface area contributed by atoms with Crippen molar-refractivity contribution in [2.24, 2.45) is 0 Å². The van der Waals surface area contributed by atoms with Gasteiger partial charge in [-0.3, -0.25) is 4.79 Å². The van der Waals surface area contributed by atoms with Crippen LogP contribution >= 0.6 is 21.8 Å². The van der Waals surface area contributed by atoms with Gasteiger partial charge >= 0.3 is 6.18 Å². The minimum absolute atomic E-state index is 0.0556. The van der Waals surface area contributed by atoms with Crippen LogP contribution in [0.15, 0.2) is 71.1 Å². The number of hydrogen-bond acceptors (Lipinski definition) is 7. The molecule has 2 aromatic carbocycles. The highest BCUT2D eigenvalue weighted by molar-refractivity contribution is 8.77. The van der Waals surface area contributed by atoms with Gasteiger partial charge in [0.15, 0.2) is 5.69 Å². The number of nitrogens with one attached hydrogen (secondary N) is 1. The third kappa shape index (κ3) is 6.90. The Bertz CT molecular complexity index is 1390. The summed E-state index contributed by atoms with van der Waals surface area (Å²) in [6.07, 6.45) is -1.40. The standard InChI is InChI=1S/C24H23F3N4O3S3/c1-17-5-7-18(8-6-17)21-16-22(24(25,26)27)28-31(21)19-9-11-20(12-10-19)37(33,34)29-23(32)4-2-3-13-30-14-15-35-36-30/h5-12,14-16H,2-4,13H2,1H3,(H,29,32). The SMILES string of the molecule is Cc1ccc(-c2cc(C(F)(F)F)nn2-c2ccc(S(=O)(=O)NC(=O)CCCCN3C=CSS3)cc2)cc1. The number of carbonyl (C=O) groups excluding carboxylic acids is 1. The van der Waals surface area contributed by atoms with Crippen molar-refractivity contribution in [3.05, 3.63) is 77.5 Å². The molecule has 37 heavy (non-hydrogen) atoms. The van der Waals surface area contributed by atoms with Crippen molar-refractivity contribution in [1.82, 2.24) is 18.8 Å².